The molecule has 1 aliphatic heterocycles. The van der Waals surface area contributed by atoms with Crippen molar-refractivity contribution < 1.29 is 77.7 Å². The number of carboxylic acids is 1. The molecule has 18 heteroatoms. The van der Waals surface area contributed by atoms with Crippen LogP contribution in [0.4, 0.5) is 10.5 Å². The van der Waals surface area contributed by atoms with Gasteiger partial charge in [0.15, 0.2) is 17.5 Å². The highest BCUT2D eigenvalue weighted by Crippen LogP contribution is 2.65. The summed E-state index contributed by atoms with van der Waals surface area (Å²) in [5.74, 6) is -9.19. The molecule has 384 valence electrons. The molecule has 2 bridgehead atoms. The third kappa shape index (κ3) is 9.63. The molecule has 18 nitrogen and oxygen atoms in total. The molecule has 3 aliphatic carbocycles. The van der Waals surface area contributed by atoms with Crippen LogP contribution < -0.4 is 10.6 Å². The summed E-state index contributed by atoms with van der Waals surface area (Å²) in [7, 11) is 0. The lowest BCUT2D eigenvalue weighted by Gasteiger charge is -2.67. The molecule has 2 amide bonds. The number of benzene rings is 4. The van der Waals surface area contributed by atoms with Crippen molar-refractivity contribution in [3.05, 3.63) is 149 Å². The number of carboxylic acid groups (broad SMARTS) is 1. The molecule has 3 fully saturated rings. The zero-order chi connectivity index (χ0) is 52.6. The summed E-state index contributed by atoms with van der Waals surface area (Å²) in [4.78, 5) is 97.3. The number of aliphatic hydroxyl groups excluding tert-OH is 2. The fourth-order valence-electron chi connectivity index (χ4n) is 11.3. The molecule has 2 saturated carbocycles. The molecule has 1 heterocycles. The van der Waals surface area contributed by atoms with Gasteiger partial charge in [0.25, 0.3) is 5.91 Å². The Balaban J connectivity index is 1.27. The number of ether oxygens (including phenoxy) is 5. The van der Waals surface area contributed by atoms with E-state index in [4.69, 9.17) is 28.8 Å². The van der Waals surface area contributed by atoms with Crippen molar-refractivity contribution in [2.75, 3.05) is 11.9 Å². The molecular formula is C55H58N2O16. The van der Waals surface area contributed by atoms with E-state index in [1.807, 2.05) is 0 Å². The molecule has 0 radical (unpaired) electrons. The van der Waals surface area contributed by atoms with E-state index in [9.17, 15) is 44.1 Å². The number of aryl methyl sites for hydroxylation is 1. The van der Waals surface area contributed by atoms with Crippen LogP contribution in [0.15, 0.2) is 127 Å². The van der Waals surface area contributed by atoms with E-state index in [1.165, 1.54) is 45.0 Å². The first-order chi connectivity index (χ1) is 34.6. The number of ketones is 1. The zero-order valence-electron chi connectivity index (χ0n) is 40.8. The second-order valence-corrected chi connectivity index (χ2v) is 19.9. The lowest BCUT2D eigenvalue weighted by Crippen LogP contribution is -2.81. The van der Waals surface area contributed by atoms with Crippen LogP contribution >= 0.6 is 0 Å². The molecule has 0 aromatic heterocycles. The number of esters is 3. The van der Waals surface area contributed by atoms with Crippen LogP contribution in [0.5, 0.6) is 0 Å². The highest BCUT2D eigenvalue weighted by atomic mass is 16.6. The Morgan fingerprint density at radius 1 is 0.836 bits per heavy atom. The standard InChI is InChI=1S/C55H58N2O16/c1-30-37(70-50(66)43(62)42(33-15-9-6-10-16-33)57-48(64)34-17-11-7-12-18-34)28-55(68)47(72-49(65)35-19-13-8-14-20-35)45-53(5,38(59)27-39-54(45,29-69-39)73-31(2)58)46(63)44(41(30)52(55,3)4)71-51(67)56-36-24-21-32(22-25-36)23-26-40(60)61/h6-22,24-25,30,37-39,42-43,45,47,59,62,68H,23,26-29H2,1-5H3,(H,56,67)(H,57,64)(H,60,61)/t30?,37-,38-,39?,42-,43+,45-,47-,53?,54-,55+/m0/s1. The first-order valence-electron chi connectivity index (χ1n) is 24.0. The number of rotatable bonds is 14. The average molecular weight is 1000 g/mol. The van der Waals surface area contributed by atoms with Crippen molar-refractivity contribution >= 4 is 47.3 Å². The van der Waals surface area contributed by atoms with E-state index in [-0.39, 0.29) is 48.3 Å². The van der Waals surface area contributed by atoms with Crippen LogP contribution in [0, 0.1) is 22.7 Å². The fraction of sp³-hybridized carbons (Fsp3) is 0.400. The first kappa shape index (κ1) is 52.1. The summed E-state index contributed by atoms with van der Waals surface area (Å²) in [5, 5.41) is 52.7. The Morgan fingerprint density at radius 2 is 1.44 bits per heavy atom. The van der Waals surface area contributed by atoms with Crippen molar-refractivity contribution in [3.8, 4) is 0 Å². The van der Waals surface area contributed by atoms with Crippen LogP contribution in [0.2, 0.25) is 0 Å². The van der Waals surface area contributed by atoms with Crippen molar-refractivity contribution in [1.82, 2.24) is 5.32 Å². The molecular weight excluding hydrogens is 945 g/mol. The van der Waals surface area contributed by atoms with Gasteiger partial charge in [0.2, 0.25) is 5.78 Å². The number of carbonyl (C=O) groups excluding carboxylic acids is 6. The number of hydrogen-bond acceptors (Lipinski definition) is 15. The van der Waals surface area contributed by atoms with E-state index < -0.39 is 124 Å². The summed E-state index contributed by atoms with van der Waals surface area (Å²) in [6.45, 7) is 6.72. The van der Waals surface area contributed by atoms with Crippen LogP contribution in [-0.4, -0.2) is 110 Å². The Morgan fingerprint density at radius 3 is 2.01 bits per heavy atom. The maximum atomic E-state index is 16.0. The summed E-state index contributed by atoms with van der Waals surface area (Å²) >= 11 is 0. The minimum Gasteiger partial charge on any atom is -0.481 e. The van der Waals surface area contributed by atoms with Gasteiger partial charge in [0.1, 0.15) is 23.9 Å². The molecule has 4 aliphatic rings. The maximum absolute atomic E-state index is 16.0. The minimum absolute atomic E-state index is 0.0319. The van der Waals surface area contributed by atoms with Gasteiger partial charge in [-0.1, -0.05) is 99.6 Å². The van der Waals surface area contributed by atoms with Gasteiger partial charge in [0, 0.05) is 48.8 Å². The molecule has 4 aromatic carbocycles. The smallest absolute Gasteiger partial charge is 0.417 e. The fourth-order valence-corrected chi connectivity index (χ4v) is 11.3. The summed E-state index contributed by atoms with van der Waals surface area (Å²) in [5.41, 5.74) is -7.02. The van der Waals surface area contributed by atoms with Crippen molar-refractivity contribution in [2.45, 2.75) is 108 Å². The normalized spacial score (nSPS) is 28.7. The first-order valence-corrected chi connectivity index (χ1v) is 24.0. The number of carbonyl (C=O) groups is 7. The number of hydrogen-bond donors (Lipinski definition) is 6. The minimum atomic E-state index is -2.50. The van der Waals surface area contributed by atoms with Gasteiger partial charge in [-0.2, -0.15) is 0 Å². The van der Waals surface area contributed by atoms with Gasteiger partial charge in [0.05, 0.1) is 35.6 Å². The monoisotopic (exact) mass is 1000 g/mol. The number of Topliss-reactive ketones (excluding diaryl/α,β-unsaturated/α-hetero) is 1. The van der Waals surface area contributed by atoms with Crippen molar-refractivity contribution in [3.63, 3.8) is 0 Å². The molecule has 73 heavy (non-hydrogen) atoms. The van der Waals surface area contributed by atoms with Gasteiger partial charge in [-0.05, 0) is 66.4 Å². The number of anilines is 1. The van der Waals surface area contributed by atoms with E-state index in [1.54, 1.807) is 97.9 Å². The van der Waals surface area contributed by atoms with Gasteiger partial charge >= 0.3 is 30.0 Å². The number of fused-ring (bicyclic) bond motifs is 5. The predicted molar refractivity (Wildman–Crippen MR) is 258 cm³/mol. The molecule has 1 saturated heterocycles. The van der Waals surface area contributed by atoms with E-state index >= 15 is 4.79 Å². The SMILES string of the molecule is CC(=O)O[C@@]12COC1C[C@H](O)C1(C)C(=O)C(OC(=O)Nc3ccc(CCC(=O)O)cc3)=C3C(C)[C@@H](OC(=O)[C@H](O)[C@@H](NC(=O)c4ccccc4)c4ccccc4)C[C@@](O)([C@@H](OC(=O)c4ccccc4)[C@@H]12)C3(C)C. The van der Waals surface area contributed by atoms with E-state index in [0.717, 1.165) is 6.92 Å². The van der Waals surface area contributed by atoms with E-state index in [2.05, 4.69) is 10.6 Å². The molecule has 3 unspecified atom stereocenters. The predicted octanol–water partition coefficient (Wildman–Crippen LogP) is 5.64. The van der Waals surface area contributed by atoms with Crippen LogP contribution in [-0.2, 0) is 49.3 Å². The second kappa shape index (κ2) is 20.3. The van der Waals surface area contributed by atoms with Gasteiger partial charge in [-0.25, -0.2) is 14.4 Å². The van der Waals surface area contributed by atoms with Crippen LogP contribution in [0.3, 0.4) is 0 Å². The van der Waals surface area contributed by atoms with Gasteiger partial charge < -0.3 is 49.4 Å². The summed E-state index contributed by atoms with van der Waals surface area (Å²) in [6, 6.07) is 28.9. The summed E-state index contributed by atoms with van der Waals surface area (Å²) < 4.78 is 30.9. The Kier molecular flexibility index (Phi) is 14.5. The Bertz CT molecular complexity index is 2800. The van der Waals surface area contributed by atoms with Crippen molar-refractivity contribution in [2.24, 2.45) is 22.7 Å². The second-order valence-electron chi connectivity index (χ2n) is 19.9. The number of aliphatic hydroxyl groups is 3. The third-order valence-corrected chi connectivity index (χ3v) is 15.3. The quantitative estimate of drug-likeness (QED) is 0.0659. The van der Waals surface area contributed by atoms with E-state index in [0.29, 0.717) is 11.1 Å². The van der Waals surface area contributed by atoms with Crippen molar-refractivity contribution in [1.29, 1.82) is 0 Å². The third-order valence-electron chi connectivity index (χ3n) is 15.3. The highest BCUT2D eigenvalue weighted by molar-refractivity contribution is 6.03. The largest absolute Gasteiger partial charge is 0.481 e. The lowest BCUT2D eigenvalue weighted by molar-refractivity contribution is -0.345. The van der Waals surface area contributed by atoms with Crippen LogP contribution in [0.1, 0.15) is 91.8 Å². The number of nitrogens with one attached hydrogen (secondary N) is 2. The maximum Gasteiger partial charge on any atom is 0.417 e. The number of aliphatic carboxylic acids is 1. The topological polar surface area (TPSA) is 271 Å². The highest BCUT2D eigenvalue weighted by Gasteiger charge is 2.78. The Labute approximate surface area is 420 Å². The van der Waals surface area contributed by atoms with Crippen LogP contribution in [0.25, 0.3) is 0 Å². The number of allylic oxidation sites excluding steroid dienone is 1. The molecule has 11 atom stereocenters. The molecule has 8 rings (SSSR count). The average Bonchev–Trinajstić information content (AvgIpc) is 3.36. The zero-order valence-corrected chi connectivity index (χ0v) is 40.8. The van der Waals surface area contributed by atoms with Gasteiger partial charge in [-0.15, -0.1) is 0 Å². The van der Waals surface area contributed by atoms with Gasteiger partial charge in [-0.3, -0.25) is 24.5 Å². The molecule has 0 spiro atoms. The number of amides is 2. The summed E-state index contributed by atoms with van der Waals surface area (Å²) in [6.07, 6.45) is -10.3. The molecule has 4 aromatic rings. The Hall–Kier alpha value is -7.25. The lowest BCUT2D eigenvalue weighted by atomic mass is 9.45. The molecule has 6 N–H and O–H groups in total.